The molecule has 9 heteroatoms. The third-order valence-electron chi connectivity index (χ3n) is 5.15. The molecule has 0 aliphatic heterocycles. The maximum absolute atomic E-state index is 13.7. The summed E-state index contributed by atoms with van der Waals surface area (Å²) in [7, 11) is -4.51. The van der Waals surface area contributed by atoms with Crippen molar-refractivity contribution in [2.45, 2.75) is 38.4 Å². The second-order valence-corrected chi connectivity index (χ2v) is 9.09. The normalized spacial score (nSPS) is 18.9. The minimum absolute atomic E-state index is 0.0792. The number of Topliss-reactive ketones (excluding diaryl/α,β-unsaturated/α-hetero) is 1. The topological polar surface area (TPSA) is 121 Å². The number of sulfone groups is 1. The summed E-state index contributed by atoms with van der Waals surface area (Å²) in [4.78, 5) is 49.5. The summed E-state index contributed by atoms with van der Waals surface area (Å²) >= 11 is 0. The van der Waals surface area contributed by atoms with Gasteiger partial charge >= 0.3 is 11.9 Å². The Hall–Kier alpha value is -3.07. The van der Waals surface area contributed by atoms with E-state index in [1.165, 1.54) is 13.8 Å². The Morgan fingerprint density at radius 3 is 2.35 bits per heavy atom. The number of allylic oxidation sites excluding steroid dienone is 2. The molecule has 3 rings (SSSR count). The number of hydrogen-bond donors (Lipinski definition) is 0. The number of hydrogen-bond acceptors (Lipinski definition) is 8. The number of ketones is 2. The highest BCUT2D eigenvalue weighted by atomic mass is 32.2. The maximum atomic E-state index is 13.7. The number of carbonyl (C=O) groups excluding carboxylic acids is 4. The molecule has 0 aromatic heterocycles. The third kappa shape index (κ3) is 4.10. The van der Waals surface area contributed by atoms with Gasteiger partial charge in [0.05, 0.1) is 18.5 Å². The van der Waals surface area contributed by atoms with Crippen LogP contribution in [0, 0.1) is 0 Å². The molecule has 0 N–H and O–H groups in total. The van der Waals surface area contributed by atoms with Crippen LogP contribution in [0.3, 0.4) is 0 Å². The first-order valence-electron chi connectivity index (χ1n) is 9.94. The molecule has 2 aliphatic rings. The predicted octanol–water partition coefficient (Wildman–Crippen LogP) is 1.94. The van der Waals surface area contributed by atoms with Gasteiger partial charge in [-0.25, -0.2) is 18.0 Å². The lowest BCUT2D eigenvalue weighted by atomic mass is 9.91. The zero-order valence-corrected chi connectivity index (χ0v) is 18.0. The summed E-state index contributed by atoms with van der Waals surface area (Å²) in [5.74, 6) is -4.66. The van der Waals surface area contributed by atoms with Crippen molar-refractivity contribution in [3.8, 4) is 0 Å². The Labute approximate surface area is 179 Å². The van der Waals surface area contributed by atoms with Crippen molar-refractivity contribution in [3.63, 3.8) is 0 Å². The Morgan fingerprint density at radius 2 is 1.68 bits per heavy atom. The van der Waals surface area contributed by atoms with E-state index in [0.717, 1.165) is 5.56 Å². The highest BCUT2D eigenvalue weighted by Gasteiger charge is 2.46. The van der Waals surface area contributed by atoms with Gasteiger partial charge in [-0.15, -0.1) is 0 Å². The number of carbonyl (C=O) groups is 4. The molecule has 1 atom stereocenters. The van der Waals surface area contributed by atoms with Crippen LogP contribution in [0.2, 0.25) is 0 Å². The SMILES string of the molecule is CCOC(=O)C1=CC(=O)C(C(=O)OCC)=C(S(=O)(=O)C2CCCc3ccccc32)C1=O. The number of esters is 2. The molecule has 0 heterocycles. The number of rotatable bonds is 6. The summed E-state index contributed by atoms with van der Waals surface area (Å²) in [6.07, 6.45) is 2.07. The van der Waals surface area contributed by atoms with Crippen molar-refractivity contribution in [1.29, 1.82) is 0 Å². The van der Waals surface area contributed by atoms with Crippen LogP contribution in [0.15, 0.2) is 46.4 Å². The smallest absolute Gasteiger partial charge is 0.343 e. The van der Waals surface area contributed by atoms with E-state index in [4.69, 9.17) is 9.47 Å². The summed E-state index contributed by atoms with van der Waals surface area (Å²) in [5, 5.41) is -1.13. The molecular weight excluding hydrogens is 424 g/mol. The molecule has 0 radical (unpaired) electrons. The zero-order valence-electron chi connectivity index (χ0n) is 17.2. The van der Waals surface area contributed by atoms with Gasteiger partial charge < -0.3 is 9.47 Å². The molecule has 0 fully saturated rings. The quantitative estimate of drug-likeness (QED) is 0.369. The van der Waals surface area contributed by atoms with Crippen LogP contribution in [-0.4, -0.2) is 45.1 Å². The zero-order chi connectivity index (χ0) is 22.8. The molecule has 1 aromatic carbocycles. The standard InChI is InChI=1S/C22H22O8S/c1-3-29-21(25)15-12-16(23)18(22(26)30-4-2)20(19(15)24)31(27,28)17-11-7-9-13-8-5-6-10-14(13)17/h5-6,8,10,12,17H,3-4,7,9,11H2,1-2H3. The number of ether oxygens (including phenoxy) is 2. The van der Waals surface area contributed by atoms with Crippen LogP contribution >= 0.6 is 0 Å². The first-order chi connectivity index (χ1) is 14.7. The molecule has 31 heavy (non-hydrogen) atoms. The number of fused-ring (bicyclic) bond motifs is 1. The van der Waals surface area contributed by atoms with Gasteiger partial charge in [0, 0.05) is 6.08 Å². The molecule has 0 amide bonds. The van der Waals surface area contributed by atoms with Gasteiger partial charge in [0.1, 0.15) is 16.1 Å². The molecule has 164 valence electrons. The van der Waals surface area contributed by atoms with Gasteiger partial charge in [-0.1, -0.05) is 24.3 Å². The average molecular weight is 446 g/mol. The Morgan fingerprint density at radius 1 is 1.03 bits per heavy atom. The second-order valence-electron chi connectivity index (χ2n) is 7.02. The second kappa shape index (κ2) is 8.97. The van der Waals surface area contributed by atoms with Crippen LogP contribution in [0.5, 0.6) is 0 Å². The molecule has 2 aliphatic carbocycles. The van der Waals surface area contributed by atoms with Gasteiger partial charge in [-0.2, -0.15) is 0 Å². The van der Waals surface area contributed by atoms with Crippen molar-refractivity contribution in [2.75, 3.05) is 13.2 Å². The summed E-state index contributed by atoms with van der Waals surface area (Å²) in [5.41, 5.74) is -0.265. The summed E-state index contributed by atoms with van der Waals surface area (Å²) < 4.78 is 37.0. The van der Waals surface area contributed by atoms with Gasteiger partial charge in [-0.3, -0.25) is 9.59 Å². The van der Waals surface area contributed by atoms with Crippen molar-refractivity contribution >= 4 is 33.3 Å². The fourth-order valence-corrected chi connectivity index (χ4v) is 5.98. The highest BCUT2D eigenvalue weighted by Crippen LogP contribution is 2.41. The largest absolute Gasteiger partial charge is 0.462 e. The third-order valence-corrected chi connectivity index (χ3v) is 7.35. The summed E-state index contributed by atoms with van der Waals surface area (Å²) in [6, 6.07) is 6.92. The number of aryl methyl sites for hydroxylation is 1. The molecule has 0 spiro atoms. The van der Waals surface area contributed by atoms with Gasteiger partial charge in [0.2, 0.25) is 5.78 Å². The van der Waals surface area contributed by atoms with Crippen LogP contribution < -0.4 is 0 Å². The van der Waals surface area contributed by atoms with Crippen molar-refractivity contribution in [2.24, 2.45) is 0 Å². The molecule has 0 saturated heterocycles. The monoisotopic (exact) mass is 446 g/mol. The molecule has 1 unspecified atom stereocenters. The van der Waals surface area contributed by atoms with E-state index in [0.29, 0.717) is 24.5 Å². The fraction of sp³-hybridized carbons (Fsp3) is 0.364. The van der Waals surface area contributed by atoms with E-state index in [9.17, 15) is 27.6 Å². The number of benzene rings is 1. The minimum Gasteiger partial charge on any atom is -0.462 e. The first kappa shape index (κ1) is 22.6. The van der Waals surface area contributed by atoms with Crippen molar-refractivity contribution in [1.82, 2.24) is 0 Å². The molecule has 0 bridgehead atoms. The lowest BCUT2D eigenvalue weighted by molar-refractivity contribution is -0.142. The van der Waals surface area contributed by atoms with E-state index in [2.05, 4.69) is 0 Å². The van der Waals surface area contributed by atoms with Crippen LogP contribution in [0.4, 0.5) is 0 Å². The first-order valence-corrected chi connectivity index (χ1v) is 11.5. The Kier molecular flexibility index (Phi) is 6.54. The Balaban J connectivity index is 2.20. The maximum Gasteiger partial charge on any atom is 0.343 e. The predicted molar refractivity (Wildman–Crippen MR) is 109 cm³/mol. The van der Waals surface area contributed by atoms with Crippen LogP contribution in [0.1, 0.15) is 43.1 Å². The molecule has 8 nitrogen and oxygen atoms in total. The van der Waals surface area contributed by atoms with Gasteiger partial charge in [0.25, 0.3) is 0 Å². The fourth-order valence-electron chi connectivity index (χ4n) is 3.82. The summed E-state index contributed by atoms with van der Waals surface area (Å²) in [6.45, 7) is 2.78. The van der Waals surface area contributed by atoms with Crippen LogP contribution in [0.25, 0.3) is 0 Å². The van der Waals surface area contributed by atoms with E-state index in [-0.39, 0.29) is 19.6 Å². The molecular formula is C22H22O8S. The van der Waals surface area contributed by atoms with Gasteiger partial charge in [0.15, 0.2) is 15.6 Å². The molecule has 1 aromatic rings. The molecule has 0 saturated carbocycles. The highest BCUT2D eigenvalue weighted by molar-refractivity contribution is 7.96. The van der Waals surface area contributed by atoms with Crippen LogP contribution in [-0.2, 0) is 44.9 Å². The van der Waals surface area contributed by atoms with E-state index in [1.54, 1.807) is 24.3 Å². The average Bonchev–Trinajstić information content (AvgIpc) is 2.74. The van der Waals surface area contributed by atoms with E-state index in [1.807, 2.05) is 0 Å². The lowest BCUT2D eigenvalue weighted by Gasteiger charge is -2.27. The van der Waals surface area contributed by atoms with E-state index >= 15 is 0 Å². The minimum atomic E-state index is -4.51. The Bertz CT molecular complexity index is 1120. The van der Waals surface area contributed by atoms with Gasteiger partial charge in [-0.05, 0) is 44.2 Å². The van der Waals surface area contributed by atoms with E-state index < -0.39 is 54.6 Å². The lowest BCUT2D eigenvalue weighted by Crippen LogP contribution is -2.34. The van der Waals surface area contributed by atoms with Crippen molar-refractivity contribution in [3.05, 3.63) is 57.5 Å². The van der Waals surface area contributed by atoms with Crippen molar-refractivity contribution < 1.29 is 37.1 Å².